The second kappa shape index (κ2) is 7.97. The Kier molecular flexibility index (Phi) is 5.71. The second-order valence-corrected chi connectivity index (χ2v) is 7.26. The van der Waals surface area contributed by atoms with Crippen LogP contribution in [0.5, 0.6) is 5.88 Å². The molecule has 132 valence electrons. The maximum atomic E-state index is 12.5. The molecule has 0 spiro atoms. The summed E-state index contributed by atoms with van der Waals surface area (Å²) in [5, 5.41) is 3.11. The van der Waals surface area contributed by atoms with Crippen molar-refractivity contribution in [2.24, 2.45) is 0 Å². The minimum absolute atomic E-state index is 0.0519. The third-order valence-electron chi connectivity index (χ3n) is 4.31. The van der Waals surface area contributed by atoms with Crippen molar-refractivity contribution in [3.63, 3.8) is 0 Å². The van der Waals surface area contributed by atoms with Gasteiger partial charge in [-0.25, -0.2) is 4.98 Å². The van der Waals surface area contributed by atoms with Crippen LogP contribution in [-0.4, -0.2) is 43.0 Å². The van der Waals surface area contributed by atoms with Gasteiger partial charge in [0.25, 0.3) is 5.91 Å². The minimum atomic E-state index is -0.106. The summed E-state index contributed by atoms with van der Waals surface area (Å²) in [7, 11) is 3.98. The lowest BCUT2D eigenvalue weighted by Crippen LogP contribution is -2.27. The number of pyridine rings is 1. The molecular formula is C19H22BrN3O2. The SMILES string of the molecule is CN(C)CCOc1ccc(C(=O)NC2CCc3c(Br)cccc32)cn1. The molecule has 1 amide bonds. The van der Waals surface area contributed by atoms with E-state index >= 15 is 0 Å². The molecule has 1 atom stereocenters. The number of nitrogens with one attached hydrogen (secondary N) is 1. The number of ether oxygens (including phenoxy) is 1. The predicted octanol–water partition coefficient (Wildman–Crippen LogP) is 3.20. The Balaban J connectivity index is 1.60. The molecular weight excluding hydrogens is 382 g/mol. The Hall–Kier alpha value is -1.92. The fourth-order valence-electron chi connectivity index (χ4n) is 2.93. The Morgan fingerprint density at radius 1 is 1.36 bits per heavy atom. The van der Waals surface area contributed by atoms with E-state index in [1.54, 1.807) is 18.3 Å². The summed E-state index contributed by atoms with van der Waals surface area (Å²) in [5.41, 5.74) is 3.03. The molecule has 0 aliphatic heterocycles. The Bertz CT molecular complexity index is 747. The molecule has 1 aliphatic carbocycles. The van der Waals surface area contributed by atoms with Crippen LogP contribution in [0.3, 0.4) is 0 Å². The number of hydrogen-bond acceptors (Lipinski definition) is 4. The van der Waals surface area contributed by atoms with Gasteiger partial charge in [-0.15, -0.1) is 0 Å². The van der Waals surface area contributed by atoms with Gasteiger partial charge in [0.15, 0.2) is 0 Å². The zero-order valence-corrected chi connectivity index (χ0v) is 16.0. The number of likely N-dealkylation sites (N-methyl/N-ethyl adjacent to an activating group) is 1. The van der Waals surface area contributed by atoms with Gasteiger partial charge in [-0.2, -0.15) is 0 Å². The molecule has 1 unspecified atom stereocenters. The number of aromatic nitrogens is 1. The molecule has 1 aromatic carbocycles. The van der Waals surface area contributed by atoms with Gasteiger partial charge < -0.3 is 15.0 Å². The second-order valence-electron chi connectivity index (χ2n) is 6.41. The van der Waals surface area contributed by atoms with Crippen LogP contribution < -0.4 is 10.1 Å². The van der Waals surface area contributed by atoms with E-state index in [0.29, 0.717) is 18.1 Å². The van der Waals surface area contributed by atoms with E-state index in [0.717, 1.165) is 23.9 Å². The van der Waals surface area contributed by atoms with Gasteiger partial charge in [0.1, 0.15) is 6.61 Å². The highest BCUT2D eigenvalue weighted by Gasteiger charge is 2.25. The van der Waals surface area contributed by atoms with Gasteiger partial charge in [0.05, 0.1) is 11.6 Å². The van der Waals surface area contributed by atoms with Crippen molar-refractivity contribution in [2.45, 2.75) is 18.9 Å². The number of benzene rings is 1. The Morgan fingerprint density at radius 2 is 2.20 bits per heavy atom. The Labute approximate surface area is 156 Å². The molecule has 2 aromatic rings. The molecule has 0 saturated heterocycles. The lowest BCUT2D eigenvalue weighted by Gasteiger charge is -2.14. The molecule has 5 nitrogen and oxygen atoms in total. The van der Waals surface area contributed by atoms with Crippen LogP contribution in [0.25, 0.3) is 0 Å². The van der Waals surface area contributed by atoms with Crippen LogP contribution in [0.4, 0.5) is 0 Å². The quantitative estimate of drug-likeness (QED) is 0.804. The van der Waals surface area contributed by atoms with Crippen LogP contribution in [0, 0.1) is 0 Å². The van der Waals surface area contributed by atoms with Crippen LogP contribution in [0.2, 0.25) is 0 Å². The minimum Gasteiger partial charge on any atom is -0.476 e. The number of carbonyl (C=O) groups excluding carboxylic acids is 1. The Morgan fingerprint density at radius 3 is 2.92 bits per heavy atom. The van der Waals surface area contributed by atoms with E-state index in [2.05, 4.69) is 32.3 Å². The van der Waals surface area contributed by atoms with Crippen molar-refractivity contribution in [1.82, 2.24) is 15.2 Å². The first-order chi connectivity index (χ1) is 12.0. The molecule has 25 heavy (non-hydrogen) atoms. The summed E-state index contributed by atoms with van der Waals surface area (Å²) in [6, 6.07) is 9.68. The summed E-state index contributed by atoms with van der Waals surface area (Å²) < 4.78 is 6.67. The third kappa shape index (κ3) is 4.38. The van der Waals surface area contributed by atoms with Crippen molar-refractivity contribution < 1.29 is 9.53 Å². The van der Waals surface area contributed by atoms with Crippen LogP contribution in [-0.2, 0) is 6.42 Å². The summed E-state index contributed by atoms with van der Waals surface area (Å²) in [6.07, 6.45) is 3.46. The number of nitrogens with zero attached hydrogens (tertiary/aromatic N) is 2. The first kappa shape index (κ1) is 17.9. The van der Waals surface area contributed by atoms with Gasteiger partial charge in [0, 0.05) is 23.3 Å². The molecule has 6 heteroatoms. The third-order valence-corrected chi connectivity index (χ3v) is 5.05. The highest BCUT2D eigenvalue weighted by molar-refractivity contribution is 9.10. The topological polar surface area (TPSA) is 54.5 Å². The van der Waals surface area contributed by atoms with E-state index in [-0.39, 0.29) is 11.9 Å². The molecule has 0 bridgehead atoms. The fraction of sp³-hybridized carbons (Fsp3) is 0.368. The molecule has 1 aromatic heterocycles. The average Bonchev–Trinajstić information content (AvgIpc) is 2.99. The lowest BCUT2D eigenvalue weighted by molar-refractivity contribution is 0.0936. The maximum absolute atomic E-state index is 12.5. The van der Waals surface area contributed by atoms with E-state index < -0.39 is 0 Å². The molecule has 1 heterocycles. The first-order valence-electron chi connectivity index (χ1n) is 8.36. The van der Waals surface area contributed by atoms with E-state index in [9.17, 15) is 4.79 Å². The molecule has 0 fully saturated rings. The number of amides is 1. The van der Waals surface area contributed by atoms with Crippen LogP contribution >= 0.6 is 15.9 Å². The van der Waals surface area contributed by atoms with Crippen molar-refractivity contribution in [2.75, 3.05) is 27.2 Å². The van der Waals surface area contributed by atoms with Gasteiger partial charge in [0.2, 0.25) is 5.88 Å². The number of rotatable bonds is 6. The van der Waals surface area contributed by atoms with E-state index in [4.69, 9.17) is 4.74 Å². The van der Waals surface area contributed by atoms with Gasteiger partial charge in [-0.3, -0.25) is 4.79 Å². The van der Waals surface area contributed by atoms with Crippen molar-refractivity contribution in [3.8, 4) is 5.88 Å². The number of carbonyl (C=O) groups is 1. The predicted molar refractivity (Wildman–Crippen MR) is 101 cm³/mol. The van der Waals surface area contributed by atoms with Crippen molar-refractivity contribution >= 4 is 21.8 Å². The summed E-state index contributed by atoms with van der Waals surface area (Å²) in [4.78, 5) is 18.8. The highest BCUT2D eigenvalue weighted by atomic mass is 79.9. The monoisotopic (exact) mass is 403 g/mol. The zero-order valence-electron chi connectivity index (χ0n) is 14.5. The largest absolute Gasteiger partial charge is 0.476 e. The molecule has 1 aliphatic rings. The molecule has 0 radical (unpaired) electrons. The van der Waals surface area contributed by atoms with Crippen LogP contribution in [0.1, 0.15) is 33.9 Å². The van der Waals surface area contributed by atoms with E-state index in [1.165, 1.54) is 11.1 Å². The van der Waals surface area contributed by atoms with Gasteiger partial charge >= 0.3 is 0 Å². The van der Waals surface area contributed by atoms with Crippen molar-refractivity contribution in [3.05, 3.63) is 57.7 Å². The normalized spacial score (nSPS) is 15.9. The molecule has 3 rings (SSSR count). The summed E-state index contributed by atoms with van der Waals surface area (Å²) >= 11 is 3.58. The molecule has 0 saturated carbocycles. The number of halogens is 1. The van der Waals surface area contributed by atoms with Crippen molar-refractivity contribution in [1.29, 1.82) is 0 Å². The van der Waals surface area contributed by atoms with E-state index in [1.807, 2.05) is 31.1 Å². The molecule has 1 N–H and O–H groups in total. The zero-order chi connectivity index (χ0) is 17.8. The summed E-state index contributed by atoms with van der Waals surface area (Å²) in [6.45, 7) is 1.39. The first-order valence-corrected chi connectivity index (χ1v) is 9.15. The number of hydrogen-bond donors (Lipinski definition) is 1. The summed E-state index contributed by atoms with van der Waals surface area (Å²) in [5.74, 6) is 0.429. The van der Waals surface area contributed by atoms with Gasteiger partial charge in [-0.1, -0.05) is 28.1 Å². The lowest BCUT2D eigenvalue weighted by atomic mass is 10.1. The average molecular weight is 404 g/mol. The fourth-order valence-corrected chi connectivity index (χ4v) is 3.51. The maximum Gasteiger partial charge on any atom is 0.253 e. The van der Waals surface area contributed by atoms with Crippen LogP contribution in [0.15, 0.2) is 41.0 Å². The smallest absolute Gasteiger partial charge is 0.253 e. The number of fused-ring (bicyclic) bond motifs is 1. The van der Waals surface area contributed by atoms with Gasteiger partial charge in [-0.05, 0) is 50.2 Å². The standard InChI is InChI=1S/C19H22BrN3O2/c1-23(2)10-11-25-18-9-6-13(12-21-18)19(24)22-17-8-7-14-15(17)4-3-5-16(14)20/h3-6,9,12,17H,7-8,10-11H2,1-2H3,(H,22,24). The highest BCUT2D eigenvalue weighted by Crippen LogP contribution is 2.35.